The van der Waals surface area contributed by atoms with Gasteiger partial charge in [0.15, 0.2) is 11.5 Å². The summed E-state index contributed by atoms with van der Waals surface area (Å²) in [5, 5.41) is 3.16. The van der Waals surface area contributed by atoms with Crippen molar-refractivity contribution in [3.63, 3.8) is 0 Å². The third-order valence-electron chi connectivity index (χ3n) is 5.65. The van der Waals surface area contributed by atoms with Gasteiger partial charge in [0.05, 0.1) is 13.2 Å². The highest BCUT2D eigenvalue weighted by Crippen LogP contribution is 2.48. The van der Waals surface area contributed by atoms with Crippen molar-refractivity contribution < 1.29 is 14.3 Å². The lowest BCUT2D eigenvalue weighted by atomic mass is 9.92. The van der Waals surface area contributed by atoms with Gasteiger partial charge in [0.1, 0.15) is 0 Å². The van der Waals surface area contributed by atoms with E-state index >= 15 is 0 Å². The number of rotatable bonds is 6. The summed E-state index contributed by atoms with van der Waals surface area (Å²) in [5.74, 6) is 1.71. The molecule has 4 rings (SSSR count). The van der Waals surface area contributed by atoms with Crippen molar-refractivity contribution in [2.75, 3.05) is 19.8 Å². The monoisotopic (exact) mass is 365 g/mol. The summed E-state index contributed by atoms with van der Waals surface area (Å²) in [4.78, 5) is 12.4. The van der Waals surface area contributed by atoms with E-state index in [2.05, 4.69) is 36.5 Å². The lowest BCUT2D eigenvalue weighted by Gasteiger charge is -2.19. The second-order valence-electron chi connectivity index (χ2n) is 7.70. The third kappa shape index (κ3) is 4.10. The molecule has 0 saturated heterocycles. The molecule has 0 aromatic heterocycles. The Morgan fingerprint density at radius 2 is 1.85 bits per heavy atom. The standard InChI is InChI=1S/C23H27NO3/c1-17-5-2-3-6-19(17)23(11-12-23)16-24-22(25)10-8-18-7-9-20-21(15-18)27-14-4-13-26-20/h2-3,5-7,9,15H,4,8,10-14,16H2,1H3,(H,24,25). The van der Waals surface area contributed by atoms with E-state index in [1.54, 1.807) is 0 Å². The Hall–Kier alpha value is -2.49. The molecule has 1 fully saturated rings. The molecule has 1 N–H and O–H groups in total. The SMILES string of the molecule is Cc1ccccc1C1(CNC(=O)CCc2ccc3c(c2)OCCCO3)CC1. The first-order chi connectivity index (χ1) is 13.2. The Morgan fingerprint density at radius 3 is 2.63 bits per heavy atom. The van der Waals surface area contributed by atoms with Crippen LogP contribution < -0.4 is 14.8 Å². The van der Waals surface area contributed by atoms with Crippen LogP contribution in [0.25, 0.3) is 0 Å². The molecule has 1 saturated carbocycles. The molecule has 0 unspecified atom stereocenters. The Bertz CT molecular complexity index is 826. The zero-order valence-corrected chi connectivity index (χ0v) is 15.9. The van der Waals surface area contributed by atoms with Crippen molar-refractivity contribution in [3.05, 3.63) is 59.2 Å². The molecule has 2 aliphatic rings. The van der Waals surface area contributed by atoms with E-state index in [-0.39, 0.29) is 11.3 Å². The van der Waals surface area contributed by atoms with Crippen molar-refractivity contribution in [2.24, 2.45) is 0 Å². The number of hydrogen-bond donors (Lipinski definition) is 1. The lowest BCUT2D eigenvalue weighted by molar-refractivity contribution is -0.121. The highest BCUT2D eigenvalue weighted by molar-refractivity contribution is 5.76. The molecule has 1 amide bonds. The van der Waals surface area contributed by atoms with Gasteiger partial charge in [-0.15, -0.1) is 0 Å². The maximum atomic E-state index is 12.4. The molecule has 27 heavy (non-hydrogen) atoms. The van der Waals surface area contributed by atoms with E-state index in [4.69, 9.17) is 9.47 Å². The van der Waals surface area contributed by atoms with Gasteiger partial charge in [-0.25, -0.2) is 0 Å². The van der Waals surface area contributed by atoms with Crippen LogP contribution in [0.4, 0.5) is 0 Å². The lowest BCUT2D eigenvalue weighted by Crippen LogP contribution is -2.32. The molecule has 0 atom stereocenters. The Labute approximate surface area is 160 Å². The van der Waals surface area contributed by atoms with Crippen LogP contribution in [0.1, 0.15) is 42.4 Å². The first-order valence-corrected chi connectivity index (χ1v) is 9.88. The predicted molar refractivity (Wildman–Crippen MR) is 105 cm³/mol. The van der Waals surface area contributed by atoms with E-state index in [0.29, 0.717) is 26.1 Å². The molecule has 2 aromatic carbocycles. The van der Waals surface area contributed by atoms with Crippen LogP contribution in [0.5, 0.6) is 11.5 Å². The summed E-state index contributed by atoms with van der Waals surface area (Å²) in [6.07, 6.45) is 4.40. The fourth-order valence-corrected chi connectivity index (χ4v) is 3.84. The van der Waals surface area contributed by atoms with Crippen molar-refractivity contribution in [2.45, 2.75) is 44.4 Å². The van der Waals surface area contributed by atoms with Crippen LogP contribution in [0.15, 0.2) is 42.5 Å². The molecule has 2 aromatic rings. The minimum absolute atomic E-state index is 0.113. The van der Waals surface area contributed by atoms with Crippen molar-refractivity contribution in [1.82, 2.24) is 5.32 Å². The minimum atomic E-state index is 0.113. The van der Waals surface area contributed by atoms with Crippen molar-refractivity contribution in [1.29, 1.82) is 0 Å². The summed E-state index contributed by atoms with van der Waals surface area (Å²) in [6, 6.07) is 14.5. The third-order valence-corrected chi connectivity index (χ3v) is 5.65. The van der Waals surface area contributed by atoms with Crippen LogP contribution in [0.2, 0.25) is 0 Å². The molecule has 1 heterocycles. The van der Waals surface area contributed by atoms with Gasteiger partial charge in [-0.2, -0.15) is 0 Å². The number of fused-ring (bicyclic) bond motifs is 1. The van der Waals surface area contributed by atoms with E-state index < -0.39 is 0 Å². The summed E-state index contributed by atoms with van der Waals surface area (Å²) in [6.45, 7) is 4.26. The normalized spacial score (nSPS) is 17.1. The number of carbonyl (C=O) groups excluding carboxylic acids is 1. The largest absolute Gasteiger partial charge is 0.490 e. The van der Waals surface area contributed by atoms with E-state index in [0.717, 1.165) is 42.9 Å². The van der Waals surface area contributed by atoms with Gasteiger partial charge < -0.3 is 14.8 Å². The van der Waals surface area contributed by atoms with Crippen LogP contribution >= 0.6 is 0 Å². The summed E-state index contributed by atoms with van der Waals surface area (Å²) in [7, 11) is 0. The molecule has 0 radical (unpaired) electrons. The van der Waals surface area contributed by atoms with Crippen molar-refractivity contribution in [3.8, 4) is 11.5 Å². The van der Waals surface area contributed by atoms with E-state index in [9.17, 15) is 4.79 Å². The molecule has 142 valence electrons. The topological polar surface area (TPSA) is 47.6 Å². The van der Waals surface area contributed by atoms with Crippen LogP contribution in [0.3, 0.4) is 0 Å². The van der Waals surface area contributed by atoms with E-state index in [1.807, 2.05) is 18.2 Å². The molecular weight excluding hydrogens is 338 g/mol. The second-order valence-corrected chi connectivity index (χ2v) is 7.70. The zero-order chi connectivity index (χ0) is 18.7. The molecule has 0 bridgehead atoms. The molecule has 0 spiro atoms. The number of aryl methyl sites for hydroxylation is 2. The number of hydrogen-bond acceptors (Lipinski definition) is 3. The summed E-state index contributed by atoms with van der Waals surface area (Å²) in [5.41, 5.74) is 3.95. The first-order valence-electron chi connectivity index (χ1n) is 9.88. The highest BCUT2D eigenvalue weighted by atomic mass is 16.5. The van der Waals surface area contributed by atoms with Crippen LogP contribution in [0, 0.1) is 6.92 Å². The quantitative estimate of drug-likeness (QED) is 0.844. The maximum Gasteiger partial charge on any atom is 0.220 e. The van der Waals surface area contributed by atoms with Crippen molar-refractivity contribution >= 4 is 5.91 Å². The Balaban J connectivity index is 1.30. The van der Waals surface area contributed by atoms with Gasteiger partial charge in [-0.05, 0) is 55.0 Å². The average Bonchev–Trinajstić information content (AvgIpc) is 3.49. The number of ether oxygens (including phenoxy) is 2. The van der Waals surface area contributed by atoms with Gasteiger partial charge >= 0.3 is 0 Å². The van der Waals surface area contributed by atoms with Gasteiger partial charge in [0.2, 0.25) is 5.91 Å². The molecule has 4 nitrogen and oxygen atoms in total. The maximum absolute atomic E-state index is 12.4. The fraction of sp³-hybridized carbons (Fsp3) is 0.435. The number of benzene rings is 2. The minimum Gasteiger partial charge on any atom is -0.490 e. The smallest absolute Gasteiger partial charge is 0.220 e. The Morgan fingerprint density at radius 1 is 1.07 bits per heavy atom. The summed E-state index contributed by atoms with van der Waals surface area (Å²) < 4.78 is 11.4. The van der Waals surface area contributed by atoms with Gasteiger partial charge in [-0.3, -0.25) is 4.79 Å². The van der Waals surface area contributed by atoms with Gasteiger partial charge in [0.25, 0.3) is 0 Å². The number of nitrogens with one attached hydrogen (secondary N) is 1. The zero-order valence-electron chi connectivity index (χ0n) is 15.9. The number of carbonyl (C=O) groups is 1. The van der Waals surface area contributed by atoms with Gasteiger partial charge in [-0.1, -0.05) is 30.3 Å². The van der Waals surface area contributed by atoms with Crippen LogP contribution in [-0.2, 0) is 16.6 Å². The predicted octanol–water partition coefficient (Wildman–Crippen LogP) is 3.94. The molecule has 4 heteroatoms. The first kappa shape index (κ1) is 17.9. The summed E-state index contributed by atoms with van der Waals surface area (Å²) >= 11 is 0. The molecule has 1 aliphatic heterocycles. The Kier molecular flexibility index (Phi) is 5.06. The average molecular weight is 365 g/mol. The highest BCUT2D eigenvalue weighted by Gasteiger charge is 2.44. The van der Waals surface area contributed by atoms with E-state index in [1.165, 1.54) is 11.1 Å². The molecular formula is C23H27NO3. The molecule has 1 aliphatic carbocycles. The fourth-order valence-electron chi connectivity index (χ4n) is 3.84. The van der Waals surface area contributed by atoms with Crippen LogP contribution in [-0.4, -0.2) is 25.7 Å². The number of amides is 1. The second kappa shape index (κ2) is 7.63. The van der Waals surface area contributed by atoms with Gasteiger partial charge in [0, 0.05) is 24.8 Å².